The molecular weight excluding hydrogens is 326 g/mol. The van der Waals surface area contributed by atoms with Crippen molar-refractivity contribution in [3.63, 3.8) is 0 Å². The molecule has 0 radical (unpaired) electrons. The Hall–Kier alpha value is -0.650. The van der Waals surface area contributed by atoms with Crippen LogP contribution in [0.2, 0.25) is 0 Å². The number of amides is 1. The fourth-order valence-corrected chi connectivity index (χ4v) is 3.38. The number of carbonyl (C=O) groups is 1. The first kappa shape index (κ1) is 14.8. The molecule has 0 aliphatic carbocycles. The van der Waals surface area contributed by atoms with Crippen molar-refractivity contribution >= 4 is 39.2 Å². The number of thiophene rings is 1. The van der Waals surface area contributed by atoms with E-state index < -0.39 is 0 Å². The van der Waals surface area contributed by atoms with Crippen LogP contribution in [-0.4, -0.2) is 37.6 Å². The van der Waals surface area contributed by atoms with Crippen molar-refractivity contribution in [3.05, 3.63) is 26.9 Å². The Bertz CT molecular complexity index is 450. The van der Waals surface area contributed by atoms with E-state index in [0.29, 0.717) is 5.92 Å². The lowest BCUT2D eigenvalue weighted by molar-refractivity contribution is -0.127. The van der Waals surface area contributed by atoms with E-state index in [1.807, 2.05) is 22.4 Å². The number of piperidine rings is 1. The van der Waals surface area contributed by atoms with Gasteiger partial charge in [-0.2, -0.15) is 0 Å². The first-order valence-electron chi connectivity index (χ1n) is 6.39. The quantitative estimate of drug-likeness (QED) is 0.784. The van der Waals surface area contributed by atoms with Gasteiger partial charge in [0.1, 0.15) is 0 Å². The average molecular weight is 344 g/mol. The van der Waals surface area contributed by atoms with Crippen molar-refractivity contribution in [2.24, 2.45) is 5.92 Å². The predicted octanol–water partition coefficient (Wildman–Crippen LogP) is 3.41. The first-order valence-corrected chi connectivity index (χ1v) is 8.06. The van der Waals surface area contributed by atoms with Gasteiger partial charge in [0.25, 0.3) is 0 Å². The number of likely N-dealkylation sites (tertiary alicyclic amines) is 1. The summed E-state index contributed by atoms with van der Waals surface area (Å²) in [5, 5.41) is 2.03. The van der Waals surface area contributed by atoms with Crippen LogP contribution in [-0.2, 0) is 9.53 Å². The van der Waals surface area contributed by atoms with Crippen LogP contribution in [0.5, 0.6) is 0 Å². The maximum Gasteiger partial charge on any atom is 0.246 e. The minimum atomic E-state index is 0.109. The van der Waals surface area contributed by atoms with Gasteiger partial charge in [-0.15, -0.1) is 11.3 Å². The molecule has 0 atom stereocenters. The van der Waals surface area contributed by atoms with E-state index in [9.17, 15) is 4.79 Å². The summed E-state index contributed by atoms with van der Waals surface area (Å²) in [7, 11) is 1.74. The third kappa shape index (κ3) is 4.44. The van der Waals surface area contributed by atoms with Gasteiger partial charge in [-0.3, -0.25) is 4.79 Å². The zero-order chi connectivity index (χ0) is 13.7. The number of methoxy groups -OCH3 is 1. The van der Waals surface area contributed by atoms with E-state index >= 15 is 0 Å². The highest BCUT2D eigenvalue weighted by molar-refractivity contribution is 9.11. The molecule has 0 unspecified atom stereocenters. The maximum atomic E-state index is 12.0. The normalized spacial score (nSPS) is 17.3. The van der Waals surface area contributed by atoms with Crippen LogP contribution in [0.25, 0.3) is 6.08 Å². The molecule has 19 heavy (non-hydrogen) atoms. The molecule has 0 saturated carbocycles. The molecular formula is C14H18BrNO2S. The largest absolute Gasteiger partial charge is 0.384 e. The topological polar surface area (TPSA) is 29.5 Å². The van der Waals surface area contributed by atoms with Gasteiger partial charge < -0.3 is 9.64 Å². The number of carbonyl (C=O) groups excluding carboxylic acids is 1. The van der Waals surface area contributed by atoms with Gasteiger partial charge >= 0.3 is 0 Å². The van der Waals surface area contributed by atoms with Gasteiger partial charge in [-0.1, -0.05) is 0 Å². The number of halogens is 1. The van der Waals surface area contributed by atoms with Crippen LogP contribution in [0, 0.1) is 5.92 Å². The molecule has 1 aromatic rings. The summed E-state index contributed by atoms with van der Waals surface area (Å²) < 4.78 is 6.25. The molecule has 2 heterocycles. The number of rotatable bonds is 4. The Morgan fingerprint density at radius 3 is 2.89 bits per heavy atom. The van der Waals surface area contributed by atoms with E-state index in [4.69, 9.17) is 4.74 Å². The molecule has 0 aromatic carbocycles. The molecule has 5 heteroatoms. The van der Waals surface area contributed by atoms with Crippen LogP contribution < -0.4 is 0 Å². The second kappa shape index (κ2) is 7.22. The summed E-state index contributed by atoms with van der Waals surface area (Å²) in [6, 6.07) is 2.01. The smallest absolute Gasteiger partial charge is 0.246 e. The summed E-state index contributed by atoms with van der Waals surface area (Å²) in [6.07, 6.45) is 5.63. The van der Waals surface area contributed by atoms with Gasteiger partial charge in [0.15, 0.2) is 0 Å². The second-order valence-corrected chi connectivity index (χ2v) is 7.03. The number of ether oxygens (including phenoxy) is 1. The number of hydrogen-bond acceptors (Lipinski definition) is 3. The third-order valence-electron chi connectivity index (χ3n) is 3.33. The molecule has 0 spiro atoms. The summed E-state index contributed by atoms with van der Waals surface area (Å²) in [5.41, 5.74) is 1.07. The average Bonchev–Trinajstić information content (AvgIpc) is 2.83. The molecule has 1 aliphatic rings. The zero-order valence-corrected chi connectivity index (χ0v) is 13.4. The van der Waals surface area contributed by atoms with Gasteiger partial charge in [0.2, 0.25) is 5.91 Å². The molecule has 104 valence electrons. The Labute approximate surface area is 126 Å². The highest BCUT2D eigenvalue weighted by Crippen LogP contribution is 2.22. The minimum Gasteiger partial charge on any atom is -0.384 e. The van der Waals surface area contributed by atoms with Crippen molar-refractivity contribution in [2.75, 3.05) is 26.8 Å². The standard InChI is InChI=1S/C14H18BrNO2S/c1-18-9-11-4-6-16(7-5-11)14(17)3-2-12-8-13(15)19-10-12/h2-3,8,10-11H,4-7,9H2,1H3/b3-2+. The summed E-state index contributed by atoms with van der Waals surface area (Å²) in [4.78, 5) is 14.0. The van der Waals surface area contributed by atoms with E-state index in [0.717, 1.165) is 41.9 Å². The SMILES string of the molecule is COCC1CCN(C(=O)/C=C/c2csc(Br)c2)CC1. The van der Waals surface area contributed by atoms with Crippen molar-refractivity contribution in [3.8, 4) is 0 Å². The van der Waals surface area contributed by atoms with Gasteiger partial charge in [-0.25, -0.2) is 0 Å². The Balaban J connectivity index is 1.83. The lowest BCUT2D eigenvalue weighted by Gasteiger charge is -2.30. The Kier molecular flexibility index (Phi) is 5.60. The molecule has 1 aliphatic heterocycles. The third-order valence-corrected chi connectivity index (χ3v) is 4.86. The monoisotopic (exact) mass is 343 g/mol. The summed E-state index contributed by atoms with van der Waals surface area (Å²) >= 11 is 5.04. The molecule has 0 bridgehead atoms. The Morgan fingerprint density at radius 1 is 1.58 bits per heavy atom. The van der Waals surface area contributed by atoms with E-state index in [1.54, 1.807) is 24.5 Å². The van der Waals surface area contributed by atoms with Gasteiger partial charge in [-0.05, 0) is 57.8 Å². The summed E-state index contributed by atoms with van der Waals surface area (Å²) in [5.74, 6) is 0.712. The predicted molar refractivity (Wildman–Crippen MR) is 82.2 cm³/mol. The van der Waals surface area contributed by atoms with E-state index in [2.05, 4.69) is 15.9 Å². The van der Waals surface area contributed by atoms with Gasteiger partial charge in [0.05, 0.1) is 3.79 Å². The minimum absolute atomic E-state index is 0.109. The van der Waals surface area contributed by atoms with Crippen molar-refractivity contribution in [1.82, 2.24) is 4.90 Å². The van der Waals surface area contributed by atoms with Crippen LogP contribution in [0.1, 0.15) is 18.4 Å². The second-order valence-electron chi connectivity index (χ2n) is 4.74. The van der Waals surface area contributed by atoms with E-state index in [1.165, 1.54) is 0 Å². The van der Waals surface area contributed by atoms with Crippen molar-refractivity contribution < 1.29 is 9.53 Å². The Morgan fingerprint density at radius 2 is 2.32 bits per heavy atom. The molecule has 3 nitrogen and oxygen atoms in total. The highest BCUT2D eigenvalue weighted by Gasteiger charge is 2.21. The molecule has 1 aromatic heterocycles. The maximum absolute atomic E-state index is 12.0. The van der Waals surface area contributed by atoms with Crippen LogP contribution in [0.4, 0.5) is 0 Å². The fourth-order valence-electron chi connectivity index (χ4n) is 2.24. The first-order chi connectivity index (χ1) is 9.19. The fraction of sp³-hybridized carbons (Fsp3) is 0.500. The van der Waals surface area contributed by atoms with Crippen molar-refractivity contribution in [2.45, 2.75) is 12.8 Å². The molecule has 1 saturated heterocycles. The van der Waals surface area contributed by atoms with Crippen LogP contribution in [0.15, 0.2) is 21.3 Å². The van der Waals surface area contributed by atoms with Crippen molar-refractivity contribution in [1.29, 1.82) is 0 Å². The number of hydrogen-bond donors (Lipinski definition) is 0. The lowest BCUT2D eigenvalue weighted by Crippen LogP contribution is -2.38. The lowest BCUT2D eigenvalue weighted by atomic mass is 9.98. The van der Waals surface area contributed by atoms with Crippen LogP contribution in [0.3, 0.4) is 0 Å². The molecule has 2 rings (SSSR count). The van der Waals surface area contributed by atoms with E-state index in [-0.39, 0.29) is 5.91 Å². The number of nitrogens with zero attached hydrogens (tertiary/aromatic N) is 1. The van der Waals surface area contributed by atoms with Gasteiger partial charge in [0, 0.05) is 32.9 Å². The zero-order valence-electron chi connectivity index (χ0n) is 11.0. The molecule has 1 fully saturated rings. The summed E-state index contributed by atoms with van der Waals surface area (Å²) in [6.45, 7) is 2.48. The highest BCUT2D eigenvalue weighted by atomic mass is 79.9. The molecule has 0 N–H and O–H groups in total. The molecule has 1 amide bonds. The van der Waals surface area contributed by atoms with Crippen LogP contribution >= 0.6 is 27.3 Å².